The summed E-state index contributed by atoms with van der Waals surface area (Å²) in [5.74, 6) is -0.294. The molecule has 0 spiro atoms. The van der Waals surface area contributed by atoms with Crippen molar-refractivity contribution in [1.82, 2.24) is 0 Å². The third kappa shape index (κ3) is 3.21. The molecule has 0 aromatic heterocycles. The topological polar surface area (TPSA) is 95.9 Å². The van der Waals surface area contributed by atoms with Crippen LogP contribution in [0.5, 0.6) is 0 Å². The molecule has 0 aliphatic rings. The monoisotopic (exact) mass is 275 g/mol. The number of carbonyl (C=O) groups is 1. The molecule has 1 amide bonds. The summed E-state index contributed by atoms with van der Waals surface area (Å²) in [6.45, 7) is 1.32. The van der Waals surface area contributed by atoms with E-state index in [2.05, 4.69) is 9.19 Å². The second-order valence-corrected chi connectivity index (χ2v) is 6.44. The zero-order valence-corrected chi connectivity index (χ0v) is 9.75. The van der Waals surface area contributed by atoms with E-state index in [4.69, 9.17) is 5.26 Å². The van der Waals surface area contributed by atoms with Crippen molar-refractivity contribution in [3.05, 3.63) is 24.3 Å². The molecule has 0 aliphatic carbocycles. The van der Waals surface area contributed by atoms with E-state index in [0.29, 0.717) is 5.69 Å². The van der Waals surface area contributed by atoms with Crippen molar-refractivity contribution in [3.63, 3.8) is 0 Å². The van der Waals surface area contributed by atoms with Crippen LogP contribution in [-0.4, -0.2) is 29.4 Å². The average Bonchev–Trinajstić information content (AvgIpc) is 2.17. The van der Waals surface area contributed by atoms with Gasteiger partial charge in [-0.15, -0.1) is 0 Å². The summed E-state index contributed by atoms with van der Waals surface area (Å²) in [5.41, 5.74) is 0.368. The van der Waals surface area contributed by atoms with Gasteiger partial charge in [0.15, 0.2) is 0 Å². The molecule has 0 saturated heterocycles. The number of amides is 1. The van der Waals surface area contributed by atoms with Crippen LogP contribution in [0.25, 0.3) is 0 Å². The minimum absolute atomic E-state index is 0.0399. The van der Waals surface area contributed by atoms with E-state index in [0.717, 1.165) is 0 Å². The van der Waals surface area contributed by atoms with E-state index in [1.807, 2.05) is 0 Å². The van der Waals surface area contributed by atoms with Gasteiger partial charge in [-0.3, -0.25) is 0 Å². The summed E-state index contributed by atoms with van der Waals surface area (Å²) in [7, 11) is 0. The SMILES string of the molecule is CC(=O)Nc1cccc([As](=O)(O)OO)c1. The number of anilines is 1. The first kappa shape index (κ1) is 12.0. The average molecular weight is 275 g/mol. The van der Waals surface area contributed by atoms with Gasteiger partial charge in [0.1, 0.15) is 0 Å². The van der Waals surface area contributed by atoms with Gasteiger partial charge >= 0.3 is 88.4 Å². The predicted molar refractivity (Wildman–Crippen MR) is 52.8 cm³/mol. The molecule has 7 heteroatoms. The van der Waals surface area contributed by atoms with Gasteiger partial charge in [-0.25, -0.2) is 0 Å². The van der Waals surface area contributed by atoms with Gasteiger partial charge in [0.05, 0.1) is 0 Å². The normalized spacial score (nSPS) is 14.3. The van der Waals surface area contributed by atoms with E-state index < -0.39 is 14.2 Å². The third-order valence-electron chi connectivity index (χ3n) is 1.60. The number of benzene rings is 1. The molecule has 82 valence electrons. The molecule has 1 unspecified atom stereocenters. The van der Waals surface area contributed by atoms with Gasteiger partial charge in [0.25, 0.3) is 0 Å². The fourth-order valence-electron chi connectivity index (χ4n) is 1.01. The van der Waals surface area contributed by atoms with Crippen LogP contribution in [0.3, 0.4) is 0 Å². The predicted octanol–water partition coefficient (Wildman–Crippen LogP) is -0.297. The van der Waals surface area contributed by atoms with Crippen molar-refractivity contribution in [3.8, 4) is 0 Å². The van der Waals surface area contributed by atoms with E-state index in [9.17, 15) is 12.6 Å². The van der Waals surface area contributed by atoms with Crippen LogP contribution in [0.4, 0.5) is 5.69 Å². The molecular formula is C8H10AsNO5. The Morgan fingerprint density at radius 1 is 1.53 bits per heavy atom. The number of nitrogens with one attached hydrogen (secondary N) is 1. The quantitative estimate of drug-likeness (QED) is 0.400. The van der Waals surface area contributed by atoms with E-state index >= 15 is 0 Å². The molecule has 0 heterocycles. The molecule has 0 radical (unpaired) electrons. The third-order valence-corrected chi connectivity index (χ3v) is 4.02. The summed E-state index contributed by atoms with van der Waals surface area (Å²) in [5, 5.41) is 10.7. The Kier molecular flexibility index (Phi) is 3.71. The first-order chi connectivity index (χ1) is 6.95. The Bertz CT molecular complexity index is 419. The Labute approximate surface area is 88.8 Å². The van der Waals surface area contributed by atoms with Crippen LogP contribution in [0.1, 0.15) is 6.92 Å². The van der Waals surface area contributed by atoms with Gasteiger partial charge in [-0.2, -0.15) is 0 Å². The van der Waals surface area contributed by atoms with Crippen molar-refractivity contribution in [2.24, 2.45) is 0 Å². The number of rotatable bonds is 3. The molecule has 0 fully saturated rings. The zero-order valence-electron chi connectivity index (χ0n) is 7.88. The van der Waals surface area contributed by atoms with Crippen LogP contribution in [0, 0.1) is 0 Å². The maximum absolute atomic E-state index is 11.3. The van der Waals surface area contributed by atoms with Crippen molar-refractivity contribution in [1.29, 1.82) is 0 Å². The van der Waals surface area contributed by atoms with Crippen LogP contribution in [0.2, 0.25) is 0 Å². The van der Waals surface area contributed by atoms with Crippen molar-refractivity contribution >= 4 is 30.1 Å². The summed E-state index contributed by atoms with van der Waals surface area (Å²) < 4.78 is 23.9. The molecule has 15 heavy (non-hydrogen) atoms. The summed E-state index contributed by atoms with van der Waals surface area (Å²) in [4.78, 5) is 10.7. The Balaban J connectivity index is 3.02. The first-order valence-electron chi connectivity index (χ1n) is 4.00. The first-order valence-corrected chi connectivity index (χ1v) is 7.31. The van der Waals surface area contributed by atoms with Crippen LogP contribution >= 0.6 is 0 Å². The Morgan fingerprint density at radius 2 is 2.20 bits per heavy atom. The number of hydrogen-bond donors (Lipinski definition) is 3. The summed E-state index contributed by atoms with van der Waals surface area (Å²) >= 11 is -4.83. The van der Waals surface area contributed by atoms with Gasteiger partial charge in [0.2, 0.25) is 0 Å². The molecule has 0 bridgehead atoms. The van der Waals surface area contributed by atoms with Crippen molar-refractivity contribution in [2.75, 3.05) is 5.32 Å². The molecule has 1 atom stereocenters. The number of hydrogen-bond acceptors (Lipinski definition) is 4. The molecule has 0 saturated carbocycles. The zero-order chi connectivity index (χ0) is 11.5. The summed E-state index contributed by atoms with van der Waals surface area (Å²) in [6.07, 6.45) is 0. The van der Waals surface area contributed by atoms with Gasteiger partial charge < -0.3 is 0 Å². The molecule has 0 aliphatic heterocycles. The second kappa shape index (κ2) is 4.63. The molecule has 3 N–H and O–H groups in total. The maximum atomic E-state index is 11.3. The fourth-order valence-corrected chi connectivity index (χ4v) is 2.42. The Morgan fingerprint density at radius 3 is 2.73 bits per heavy atom. The molecular weight excluding hydrogens is 265 g/mol. The van der Waals surface area contributed by atoms with E-state index in [1.165, 1.54) is 25.1 Å². The van der Waals surface area contributed by atoms with Crippen molar-refractivity contribution in [2.45, 2.75) is 6.92 Å². The molecule has 6 nitrogen and oxygen atoms in total. The van der Waals surface area contributed by atoms with Crippen LogP contribution in [0.15, 0.2) is 24.3 Å². The fraction of sp³-hybridized carbons (Fsp3) is 0.125. The standard InChI is InChI=1S/C8H10AsNO5/c1-6(11)10-8-4-2-3-7(5-8)9(12,13)15-14/h2-5,14H,1H3,(H,10,11)(H,12,13). The second-order valence-electron chi connectivity index (χ2n) is 2.83. The van der Waals surface area contributed by atoms with Gasteiger partial charge in [0, 0.05) is 0 Å². The van der Waals surface area contributed by atoms with E-state index in [1.54, 1.807) is 6.07 Å². The molecule has 1 rings (SSSR count). The van der Waals surface area contributed by atoms with Gasteiger partial charge in [-0.1, -0.05) is 0 Å². The summed E-state index contributed by atoms with van der Waals surface area (Å²) in [6, 6.07) is 5.64. The minimum atomic E-state index is -4.83. The molecule has 1 aromatic rings. The van der Waals surface area contributed by atoms with Crippen LogP contribution < -0.4 is 9.67 Å². The van der Waals surface area contributed by atoms with E-state index in [-0.39, 0.29) is 10.3 Å². The van der Waals surface area contributed by atoms with Crippen LogP contribution in [-0.2, 0) is 12.4 Å². The van der Waals surface area contributed by atoms with Gasteiger partial charge in [-0.05, 0) is 0 Å². The molecule has 1 aromatic carbocycles. The Hall–Kier alpha value is -1.07. The van der Waals surface area contributed by atoms with Crippen molar-refractivity contribution < 1.29 is 21.8 Å². The number of carbonyl (C=O) groups excluding carboxylic acids is 1.